The van der Waals surface area contributed by atoms with E-state index in [1.165, 1.54) is 0 Å². The van der Waals surface area contributed by atoms with Crippen molar-refractivity contribution in [1.82, 2.24) is 0 Å². The molecule has 5 heavy (non-hydrogen) atoms. The largest absolute Gasteiger partial charge is 2.00 e. The standard InChI is InChI=1S/NO3.Pt/c2-1(3)4;/q-1;+2. The summed E-state index contributed by atoms with van der Waals surface area (Å²) in [6.45, 7) is 0. The molecule has 0 N–H and O–H groups in total. The minimum Gasteiger partial charge on any atom is -0.356 e. The fourth-order valence-corrected chi connectivity index (χ4v) is 0. The average molecular weight is 257 g/mol. The van der Waals surface area contributed by atoms with Gasteiger partial charge in [0.2, 0.25) is 0 Å². The molecular weight excluding hydrogens is 257 g/mol. The van der Waals surface area contributed by atoms with E-state index in [1.807, 2.05) is 0 Å². The minimum atomic E-state index is -1.75. The van der Waals surface area contributed by atoms with E-state index < -0.39 is 5.09 Å². The molecule has 0 atom stereocenters. The molecule has 0 fully saturated rings. The number of hydrogen-bond acceptors (Lipinski definition) is 3. The van der Waals surface area contributed by atoms with Crippen molar-refractivity contribution in [3.8, 4) is 0 Å². The van der Waals surface area contributed by atoms with Crippen LogP contribution in [0.4, 0.5) is 0 Å². The van der Waals surface area contributed by atoms with Crippen LogP contribution in [-0.4, -0.2) is 5.09 Å². The van der Waals surface area contributed by atoms with Gasteiger partial charge in [-0.25, -0.2) is 0 Å². The molecule has 0 aliphatic rings. The molecule has 0 aliphatic heterocycles. The third kappa shape index (κ3) is 1110. The molecule has 0 aromatic heterocycles. The van der Waals surface area contributed by atoms with E-state index in [9.17, 15) is 0 Å². The van der Waals surface area contributed by atoms with Gasteiger partial charge in [0.15, 0.2) is 0 Å². The SMILES string of the molecule is O=[N+]([O-])[O-].[Pt+2]. The molecule has 32 valence electrons. The molecule has 0 saturated carbocycles. The van der Waals surface area contributed by atoms with Gasteiger partial charge in [0, 0.05) is 0 Å². The summed E-state index contributed by atoms with van der Waals surface area (Å²) < 4.78 is 0. The summed E-state index contributed by atoms with van der Waals surface area (Å²) in [4.78, 5) is 8.25. The zero-order valence-electron chi connectivity index (χ0n) is 1.99. The van der Waals surface area contributed by atoms with Crippen LogP contribution < -0.4 is 0 Å². The Morgan fingerprint density at radius 1 is 1.40 bits per heavy atom. The van der Waals surface area contributed by atoms with Gasteiger partial charge in [-0.15, -0.1) is 0 Å². The van der Waals surface area contributed by atoms with Crippen molar-refractivity contribution in [3.63, 3.8) is 0 Å². The number of hydrogen-bond donors (Lipinski definition) is 0. The van der Waals surface area contributed by atoms with Gasteiger partial charge in [-0.2, -0.15) is 0 Å². The van der Waals surface area contributed by atoms with Crippen LogP contribution in [0.15, 0.2) is 0 Å². The second-order valence-corrected chi connectivity index (χ2v) is 0.224. The van der Waals surface area contributed by atoms with Gasteiger partial charge in [0.1, 0.15) is 0 Å². The molecule has 0 unspecified atom stereocenters. The molecule has 0 amide bonds. The van der Waals surface area contributed by atoms with Crippen molar-refractivity contribution < 1.29 is 26.2 Å². The monoisotopic (exact) mass is 257 g/mol. The first-order chi connectivity index (χ1) is 1.73. The predicted octanol–water partition coefficient (Wildman–Crippen LogP) is -0.242. The third-order valence-electron chi connectivity index (χ3n) is 0. The molecule has 0 bridgehead atoms. The van der Waals surface area contributed by atoms with E-state index in [2.05, 4.69) is 0 Å². The Bertz CT molecular complexity index is 29.9. The van der Waals surface area contributed by atoms with Crippen molar-refractivity contribution in [2.75, 3.05) is 0 Å². The molecule has 4 nitrogen and oxygen atoms in total. The molecule has 0 spiro atoms. The topological polar surface area (TPSA) is 66.2 Å². The average Bonchev–Trinajstić information content (AvgIpc) is 0.811. The van der Waals surface area contributed by atoms with Gasteiger partial charge in [-0.05, 0) is 0 Å². The number of nitrogens with zero attached hydrogens (tertiary/aromatic N) is 1. The van der Waals surface area contributed by atoms with E-state index in [4.69, 9.17) is 15.3 Å². The van der Waals surface area contributed by atoms with Gasteiger partial charge in [0.25, 0.3) is 0 Å². The summed E-state index contributed by atoms with van der Waals surface area (Å²) in [7, 11) is 0. The smallest absolute Gasteiger partial charge is 0.356 e. The Labute approximate surface area is 42.2 Å². The fraction of sp³-hybridized carbons (Fsp3) is 0. The quantitative estimate of drug-likeness (QED) is 0.444. The van der Waals surface area contributed by atoms with E-state index in [1.54, 1.807) is 0 Å². The summed E-state index contributed by atoms with van der Waals surface area (Å²) in [5, 5.41) is 14.8. The normalized spacial score (nSPS) is 4.80. The van der Waals surface area contributed by atoms with Crippen LogP contribution in [0.1, 0.15) is 0 Å². The van der Waals surface area contributed by atoms with Crippen molar-refractivity contribution in [2.45, 2.75) is 0 Å². The van der Waals surface area contributed by atoms with Gasteiger partial charge in [-0.1, -0.05) is 0 Å². The van der Waals surface area contributed by atoms with Crippen LogP contribution in [-0.2, 0) is 21.1 Å². The summed E-state index contributed by atoms with van der Waals surface area (Å²) in [6.07, 6.45) is 0. The van der Waals surface area contributed by atoms with Crippen molar-refractivity contribution >= 4 is 0 Å². The maximum Gasteiger partial charge on any atom is 2.00 e. The molecule has 5 heteroatoms. The summed E-state index contributed by atoms with van der Waals surface area (Å²) in [6, 6.07) is 0. The summed E-state index contributed by atoms with van der Waals surface area (Å²) >= 11 is 0. The first-order valence-electron chi connectivity index (χ1n) is 0.548. The Balaban J connectivity index is 0. The summed E-state index contributed by atoms with van der Waals surface area (Å²) in [5.41, 5.74) is 0. The van der Waals surface area contributed by atoms with E-state index in [-0.39, 0.29) is 21.1 Å². The minimum absolute atomic E-state index is 0. The first kappa shape index (κ1) is 8.86. The van der Waals surface area contributed by atoms with Gasteiger partial charge in [-0.3, -0.25) is 0 Å². The van der Waals surface area contributed by atoms with Crippen LogP contribution >= 0.6 is 0 Å². The van der Waals surface area contributed by atoms with Crippen molar-refractivity contribution in [2.24, 2.45) is 0 Å². The van der Waals surface area contributed by atoms with Gasteiger partial charge >= 0.3 is 21.1 Å². The Kier molecular flexibility index (Phi) is 6.89. The molecule has 0 saturated heterocycles. The van der Waals surface area contributed by atoms with Crippen molar-refractivity contribution in [3.05, 3.63) is 15.3 Å². The predicted molar refractivity (Wildman–Crippen MR) is 10.4 cm³/mol. The molecule has 0 heterocycles. The van der Waals surface area contributed by atoms with Crippen LogP contribution in [0, 0.1) is 15.3 Å². The zero-order chi connectivity index (χ0) is 3.58. The van der Waals surface area contributed by atoms with E-state index in [0.29, 0.717) is 0 Å². The van der Waals surface area contributed by atoms with Gasteiger partial charge < -0.3 is 15.3 Å². The summed E-state index contributed by atoms with van der Waals surface area (Å²) in [5.74, 6) is 0. The Morgan fingerprint density at radius 2 is 1.40 bits per heavy atom. The van der Waals surface area contributed by atoms with Crippen molar-refractivity contribution in [1.29, 1.82) is 0 Å². The maximum absolute atomic E-state index is 8.25. The fourth-order valence-electron chi connectivity index (χ4n) is 0. The maximum atomic E-state index is 8.25. The molecule has 0 aliphatic carbocycles. The second-order valence-electron chi connectivity index (χ2n) is 0.224. The molecule has 0 radical (unpaired) electrons. The third-order valence-corrected chi connectivity index (χ3v) is 0. The molecule has 0 aromatic carbocycles. The van der Waals surface area contributed by atoms with Gasteiger partial charge in [0.05, 0.1) is 5.09 Å². The molecule has 0 rings (SSSR count). The van der Waals surface area contributed by atoms with E-state index in [0.717, 1.165) is 0 Å². The van der Waals surface area contributed by atoms with Crippen LogP contribution in [0.25, 0.3) is 0 Å². The Morgan fingerprint density at radius 3 is 1.40 bits per heavy atom. The van der Waals surface area contributed by atoms with Crippen LogP contribution in [0.3, 0.4) is 0 Å². The molecule has 0 aromatic rings. The van der Waals surface area contributed by atoms with Crippen LogP contribution in [0.2, 0.25) is 0 Å². The van der Waals surface area contributed by atoms with E-state index >= 15 is 0 Å². The van der Waals surface area contributed by atoms with Crippen LogP contribution in [0.5, 0.6) is 0 Å². The Hall–Kier alpha value is -0.112. The number of rotatable bonds is 0. The second kappa shape index (κ2) is 3.89. The first-order valence-corrected chi connectivity index (χ1v) is 0.548. The zero-order valence-corrected chi connectivity index (χ0v) is 4.26. The molecular formula is NO3Pt+.